The minimum Gasteiger partial charge on any atom is -0.550 e. The van der Waals surface area contributed by atoms with Crippen molar-refractivity contribution in [1.82, 2.24) is 4.98 Å². The number of carbonyl (C=O) groups excluding carboxylic acids is 2. The Labute approximate surface area is 190 Å². The summed E-state index contributed by atoms with van der Waals surface area (Å²) in [6, 6.07) is 17.7. The second-order valence-electron chi connectivity index (χ2n) is 7.12. The maximum Gasteiger partial charge on any atom is 0.253 e. The molecule has 1 heterocycles. The van der Waals surface area contributed by atoms with Crippen LogP contribution in [0.1, 0.15) is 18.4 Å². The molecule has 0 aliphatic carbocycles. The summed E-state index contributed by atoms with van der Waals surface area (Å²) in [7, 11) is 1.54. The van der Waals surface area contributed by atoms with E-state index in [2.05, 4.69) is 16.4 Å². The van der Waals surface area contributed by atoms with E-state index in [0.717, 1.165) is 0 Å². The Balaban J connectivity index is 1.98. The Morgan fingerprint density at radius 2 is 1.97 bits per heavy atom. The van der Waals surface area contributed by atoms with E-state index in [4.69, 9.17) is 10.5 Å². The highest BCUT2D eigenvalue weighted by Crippen LogP contribution is 2.35. The summed E-state index contributed by atoms with van der Waals surface area (Å²) in [5.41, 5.74) is 8.89. The summed E-state index contributed by atoms with van der Waals surface area (Å²) < 4.78 is 5.40. The normalized spacial score (nSPS) is 11.3. The number of aromatic nitrogens is 1. The van der Waals surface area contributed by atoms with Crippen LogP contribution in [0.5, 0.6) is 5.75 Å². The van der Waals surface area contributed by atoms with Gasteiger partial charge in [0, 0.05) is 22.8 Å². The number of nitrogens with one attached hydrogen (secondary N) is 1. The van der Waals surface area contributed by atoms with E-state index in [0.29, 0.717) is 33.8 Å². The number of carboxylic acids is 1. The minimum absolute atomic E-state index is 0.0445. The zero-order chi connectivity index (χ0) is 24.0. The van der Waals surface area contributed by atoms with Gasteiger partial charge in [0.05, 0.1) is 12.8 Å². The highest BCUT2D eigenvalue weighted by Gasteiger charge is 2.18. The van der Waals surface area contributed by atoms with E-state index in [1.807, 2.05) is 18.2 Å². The zero-order valence-corrected chi connectivity index (χ0v) is 17.7. The second kappa shape index (κ2) is 10.3. The fourth-order valence-electron chi connectivity index (χ4n) is 3.28. The van der Waals surface area contributed by atoms with Gasteiger partial charge in [-0.25, -0.2) is 4.98 Å². The van der Waals surface area contributed by atoms with Gasteiger partial charge in [0.15, 0.2) is 0 Å². The van der Waals surface area contributed by atoms with E-state index < -0.39 is 24.4 Å². The third-order valence-corrected chi connectivity index (χ3v) is 4.91. The molecule has 9 heteroatoms. The lowest BCUT2D eigenvalue weighted by Crippen LogP contribution is -2.30. The average Bonchev–Trinajstić information content (AvgIpc) is 2.82. The predicted octanol–water partition coefficient (Wildman–Crippen LogP) is 1.71. The van der Waals surface area contributed by atoms with Crippen LogP contribution in [0.25, 0.3) is 22.4 Å². The predicted molar refractivity (Wildman–Crippen MR) is 120 cm³/mol. The van der Waals surface area contributed by atoms with Crippen LogP contribution < -0.4 is 20.9 Å². The van der Waals surface area contributed by atoms with Gasteiger partial charge in [-0.05, 0) is 48.7 Å². The van der Waals surface area contributed by atoms with Crippen LogP contribution in [0.2, 0.25) is 0 Å². The number of methoxy groups -OCH3 is 1. The summed E-state index contributed by atoms with van der Waals surface area (Å²) in [5, 5.41) is 32.6. The molecule has 3 aromatic rings. The van der Waals surface area contributed by atoms with Crippen LogP contribution in [0.15, 0.2) is 54.6 Å². The van der Waals surface area contributed by atoms with E-state index in [9.17, 15) is 25.1 Å². The average molecular weight is 445 g/mol. The first-order valence-electron chi connectivity index (χ1n) is 9.97. The van der Waals surface area contributed by atoms with E-state index in [1.54, 1.807) is 43.5 Å². The Kier molecular flexibility index (Phi) is 7.23. The summed E-state index contributed by atoms with van der Waals surface area (Å²) >= 11 is 0. The lowest BCUT2D eigenvalue weighted by atomic mass is 9.97. The van der Waals surface area contributed by atoms with Gasteiger partial charge in [-0.15, -0.1) is 0 Å². The van der Waals surface area contributed by atoms with Gasteiger partial charge in [0.1, 0.15) is 29.3 Å². The molecular weight excluding hydrogens is 424 g/mol. The van der Waals surface area contributed by atoms with Gasteiger partial charge in [-0.1, -0.05) is 24.3 Å². The molecule has 33 heavy (non-hydrogen) atoms. The maximum absolute atomic E-state index is 12.2. The number of aliphatic hydroxyl groups is 1. The van der Waals surface area contributed by atoms with Crippen molar-refractivity contribution in [3.8, 4) is 34.2 Å². The number of nitrogens with zero attached hydrogens (tertiary/aromatic N) is 2. The van der Waals surface area contributed by atoms with Crippen molar-refractivity contribution >= 4 is 23.4 Å². The number of anilines is 2. The summed E-state index contributed by atoms with van der Waals surface area (Å²) in [6.45, 7) is 0. The lowest BCUT2D eigenvalue weighted by Gasteiger charge is -2.14. The van der Waals surface area contributed by atoms with Crippen molar-refractivity contribution in [1.29, 1.82) is 5.26 Å². The number of para-hydroxylation sites is 1. The smallest absolute Gasteiger partial charge is 0.253 e. The molecule has 0 fully saturated rings. The molecule has 168 valence electrons. The van der Waals surface area contributed by atoms with Crippen molar-refractivity contribution in [3.05, 3.63) is 60.2 Å². The fourth-order valence-corrected chi connectivity index (χ4v) is 3.28. The SMILES string of the molecule is COc1ccccc1-c1cc(-c2cccc(NC(=O)C(O)CCC(=O)[O-])c2)c(C#N)c(N)n1. The Morgan fingerprint density at radius 3 is 2.67 bits per heavy atom. The van der Waals surface area contributed by atoms with Crippen LogP contribution in [0.3, 0.4) is 0 Å². The molecule has 1 atom stereocenters. The van der Waals surface area contributed by atoms with Crippen LogP contribution >= 0.6 is 0 Å². The molecule has 9 nitrogen and oxygen atoms in total. The van der Waals surface area contributed by atoms with E-state index in [-0.39, 0.29) is 17.8 Å². The Hall–Kier alpha value is -4.42. The van der Waals surface area contributed by atoms with Gasteiger partial charge < -0.3 is 30.8 Å². The molecule has 0 aliphatic heterocycles. The van der Waals surface area contributed by atoms with Crippen LogP contribution in [0.4, 0.5) is 11.5 Å². The maximum atomic E-state index is 12.2. The highest BCUT2D eigenvalue weighted by molar-refractivity contribution is 5.95. The summed E-state index contributed by atoms with van der Waals surface area (Å²) in [4.78, 5) is 27.1. The zero-order valence-electron chi connectivity index (χ0n) is 17.7. The molecule has 0 saturated heterocycles. The molecule has 1 amide bonds. The molecule has 0 saturated carbocycles. The molecule has 0 spiro atoms. The topological polar surface area (TPSA) is 161 Å². The number of benzene rings is 2. The number of aliphatic hydroxyl groups excluding tert-OH is 1. The van der Waals surface area contributed by atoms with Crippen molar-refractivity contribution < 1.29 is 24.5 Å². The highest BCUT2D eigenvalue weighted by atomic mass is 16.5. The number of hydrogen-bond acceptors (Lipinski definition) is 8. The lowest BCUT2D eigenvalue weighted by molar-refractivity contribution is -0.306. The Bertz CT molecular complexity index is 1240. The molecule has 1 unspecified atom stereocenters. The first-order chi connectivity index (χ1) is 15.8. The summed E-state index contributed by atoms with van der Waals surface area (Å²) in [5.74, 6) is -1.47. The standard InChI is InChI=1S/C24H22N4O5/c1-33-21-8-3-2-7-16(21)19-12-17(18(13-25)23(26)28-19)14-5-4-6-15(11-14)27-24(32)20(29)9-10-22(30)31/h2-8,11-12,20,29H,9-10H2,1H3,(H2,26,28)(H,27,32)(H,30,31)/p-1. The first-order valence-corrected chi connectivity index (χ1v) is 9.97. The van der Waals surface area contributed by atoms with Crippen LogP contribution in [-0.4, -0.2) is 35.2 Å². The Morgan fingerprint density at radius 1 is 1.21 bits per heavy atom. The molecule has 3 rings (SSSR count). The number of aliphatic carboxylic acids is 1. The fraction of sp³-hybridized carbons (Fsp3) is 0.167. The van der Waals surface area contributed by atoms with Gasteiger partial charge in [0.2, 0.25) is 0 Å². The van der Waals surface area contributed by atoms with Gasteiger partial charge in [-0.3, -0.25) is 4.79 Å². The largest absolute Gasteiger partial charge is 0.550 e. The first kappa shape index (κ1) is 23.2. The van der Waals surface area contributed by atoms with E-state index in [1.165, 1.54) is 0 Å². The number of ether oxygens (including phenoxy) is 1. The minimum atomic E-state index is -1.50. The third kappa shape index (κ3) is 5.44. The quantitative estimate of drug-likeness (QED) is 0.472. The van der Waals surface area contributed by atoms with Crippen molar-refractivity contribution in [3.63, 3.8) is 0 Å². The molecule has 2 aromatic carbocycles. The van der Waals surface area contributed by atoms with Crippen molar-refractivity contribution in [2.75, 3.05) is 18.2 Å². The van der Waals surface area contributed by atoms with Gasteiger partial charge in [0.25, 0.3) is 5.91 Å². The number of nitriles is 1. The second-order valence-corrected chi connectivity index (χ2v) is 7.12. The van der Waals surface area contributed by atoms with Gasteiger partial charge in [-0.2, -0.15) is 5.26 Å². The van der Waals surface area contributed by atoms with Gasteiger partial charge >= 0.3 is 0 Å². The molecular formula is C24H21N4O5-. The third-order valence-electron chi connectivity index (χ3n) is 4.91. The number of carboxylic acid groups (broad SMARTS) is 1. The van der Waals surface area contributed by atoms with Crippen LogP contribution in [0, 0.1) is 11.3 Å². The number of nitrogens with two attached hydrogens (primary N) is 1. The number of nitrogen functional groups attached to an aromatic ring is 1. The van der Waals surface area contributed by atoms with Crippen LogP contribution in [-0.2, 0) is 9.59 Å². The van der Waals surface area contributed by atoms with E-state index >= 15 is 0 Å². The molecule has 4 N–H and O–H groups in total. The summed E-state index contributed by atoms with van der Waals surface area (Å²) in [6.07, 6.45) is -2.22. The van der Waals surface area contributed by atoms with Crippen molar-refractivity contribution in [2.24, 2.45) is 0 Å². The number of carbonyl (C=O) groups is 2. The number of pyridine rings is 1. The molecule has 0 aliphatic rings. The molecule has 0 bridgehead atoms. The molecule has 0 radical (unpaired) electrons. The number of amides is 1. The monoisotopic (exact) mass is 445 g/mol. The number of hydrogen-bond donors (Lipinski definition) is 3. The molecule has 1 aromatic heterocycles. The number of rotatable bonds is 8. The van der Waals surface area contributed by atoms with Crippen molar-refractivity contribution in [2.45, 2.75) is 18.9 Å².